The number of carboxylic acid groups (broad SMARTS) is 1. The lowest BCUT2D eigenvalue weighted by Crippen LogP contribution is -2.40. The van der Waals surface area contributed by atoms with Gasteiger partial charge in [0.15, 0.2) is 0 Å². The van der Waals surface area contributed by atoms with Crippen LogP contribution in [0.2, 0.25) is 0 Å². The van der Waals surface area contributed by atoms with E-state index in [9.17, 15) is 27.6 Å². The minimum Gasteiger partial charge on any atom is -0.480 e. The number of rotatable bonds is 3. The van der Waals surface area contributed by atoms with E-state index in [0.717, 1.165) is 23.3 Å². The Morgan fingerprint density at radius 2 is 2.03 bits per heavy atom. The number of thioether (sulfide) groups is 1. The van der Waals surface area contributed by atoms with Crippen LogP contribution in [-0.2, 0) is 18.0 Å². The first-order valence-corrected chi connectivity index (χ1v) is 10.3. The van der Waals surface area contributed by atoms with Crippen LogP contribution in [0.3, 0.4) is 0 Å². The molecule has 30 heavy (non-hydrogen) atoms. The second-order valence-electron chi connectivity index (χ2n) is 6.56. The summed E-state index contributed by atoms with van der Waals surface area (Å²) in [4.78, 5) is 36.0. The molecular formula is C17H13F3N4O4S2. The predicted octanol–water partition coefficient (Wildman–Crippen LogP) is 1.95. The third-order valence-corrected chi connectivity index (χ3v) is 6.74. The van der Waals surface area contributed by atoms with Crippen LogP contribution in [-0.4, -0.2) is 36.4 Å². The molecule has 2 atom stereocenters. The Kier molecular flexibility index (Phi) is 4.98. The summed E-state index contributed by atoms with van der Waals surface area (Å²) in [6.07, 6.45) is -4.84. The summed E-state index contributed by atoms with van der Waals surface area (Å²) < 4.78 is 45.3. The van der Waals surface area contributed by atoms with Gasteiger partial charge in [-0.05, 0) is 29.7 Å². The first-order chi connectivity index (χ1) is 14.1. The molecule has 3 heterocycles. The molecule has 1 fully saturated rings. The van der Waals surface area contributed by atoms with Gasteiger partial charge in [0.1, 0.15) is 11.7 Å². The Hall–Kier alpha value is -2.64. The van der Waals surface area contributed by atoms with Gasteiger partial charge in [-0.1, -0.05) is 0 Å². The van der Waals surface area contributed by atoms with E-state index in [2.05, 4.69) is 9.69 Å². The van der Waals surface area contributed by atoms with Crippen LogP contribution < -0.4 is 16.6 Å². The monoisotopic (exact) mass is 458 g/mol. The van der Waals surface area contributed by atoms with E-state index in [-0.39, 0.29) is 5.69 Å². The van der Waals surface area contributed by atoms with Crippen molar-refractivity contribution in [2.75, 3.05) is 5.75 Å². The molecule has 1 aliphatic heterocycles. The van der Waals surface area contributed by atoms with Crippen molar-refractivity contribution in [2.24, 2.45) is 7.05 Å². The molecule has 2 N–H and O–H groups in total. The fourth-order valence-electron chi connectivity index (χ4n) is 3.18. The molecule has 158 valence electrons. The Balaban J connectivity index is 1.82. The van der Waals surface area contributed by atoms with Gasteiger partial charge >= 0.3 is 17.8 Å². The molecule has 0 bridgehead atoms. The number of carboxylic acids is 1. The highest BCUT2D eigenvalue weighted by atomic mass is 32.2. The molecule has 8 nitrogen and oxygen atoms in total. The van der Waals surface area contributed by atoms with Crippen molar-refractivity contribution in [3.8, 4) is 5.69 Å². The second kappa shape index (κ2) is 7.25. The summed E-state index contributed by atoms with van der Waals surface area (Å²) in [5.74, 6) is -0.637. The minimum absolute atomic E-state index is 0.0982. The standard InChI is InChI=1S/C17H13F3N4O4S2/c1-23-11(17(18,19)20)5-12(25)24(16(23)28)7-2-3-10-8(4-7)13(22-30-10)14-21-9(6-29-14)15(26)27/h2-5,9,14,21H,6H2,1H3,(H,26,27)/t9?,14-/m1/s1. The van der Waals surface area contributed by atoms with E-state index in [1.165, 1.54) is 23.9 Å². The molecule has 0 amide bonds. The van der Waals surface area contributed by atoms with Gasteiger partial charge in [-0.15, -0.1) is 11.8 Å². The van der Waals surface area contributed by atoms with Gasteiger partial charge in [0.2, 0.25) is 0 Å². The van der Waals surface area contributed by atoms with Crippen LogP contribution in [0.1, 0.15) is 16.8 Å². The molecule has 1 unspecified atom stereocenters. The molecule has 3 aromatic rings. The quantitative estimate of drug-likeness (QED) is 0.618. The zero-order valence-electron chi connectivity index (χ0n) is 15.1. The number of aromatic nitrogens is 3. The Labute approximate surface area is 174 Å². The number of nitrogens with zero attached hydrogens (tertiary/aromatic N) is 3. The molecule has 1 saturated heterocycles. The highest BCUT2D eigenvalue weighted by Gasteiger charge is 2.35. The van der Waals surface area contributed by atoms with Crippen molar-refractivity contribution in [2.45, 2.75) is 17.6 Å². The number of aliphatic carboxylic acids is 1. The SMILES string of the molecule is Cn1c(C(F)(F)F)cc(=O)n(-c2ccc3snc([C@@H]4NC(C(=O)O)CS4)c3c2)c1=O. The molecule has 1 aromatic carbocycles. The molecular weight excluding hydrogens is 445 g/mol. The fourth-order valence-corrected chi connectivity index (χ4v) is 5.26. The molecule has 0 aliphatic carbocycles. The van der Waals surface area contributed by atoms with Crippen LogP contribution >= 0.6 is 23.3 Å². The van der Waals surface area contributed by atoms with E-state index in [1.807, 2.05) is 0 Å². The van der Waals surface area contributed by atoms with Crippen molar-refractivity contribution in [3.05, 3.63) is 56.5 Å². The van der Waals surface area contributed by atoms with Crippen molar-refractivity contribution >= 4 is 39.3 Å². The van der Waals surface area contributed by atoms with Gasteiger partial charge in [-0.3, -0.25) is 19.5 Å². The Morgan fingerprint density at radius 3 is 2.67 bits per heavy atom. The topological polar surface area (TPSA) is 106 Å². The van der Waals surface area contributed by atoms with E-state index in [1.54, 1.807) is 6.07 Å². The predicted molar refractivity (Wildman–Crippen MR) is 105 cm³/mol. The van der Waals surface area contributed by atoms with Gasteiger partial charge in [0.25, 0.3) is 5.56 Å². The summed E-state index contributed by atoms with van der Waals surface area (Å²) >= 11 is 2.52. The van der Waals surface area contributed by atoms with Crippen molar-refractivity contribution in [1.82, 2.24) is 18.8 Å². The largest absolute Gasteiger partial charge is 0.480 e. The van der Waals surface area contributed by atoms with Gasteiger partial charge in [0.05, 0.1) is 21.5 Å². The highest BCUT2D eigenvalue weighted by Crippen LogP contribution is 2.38. The minimum atomic E-state index is -4.84. The molecule has 0 radical (unpaired) electrons. The molecule has 1 aliphatic rings. The van der Waals surface area contributed by atoms with Crippen LogP contribution in [0.5, 0.6) is 0 Å². The number of hydrogen-bond donors (Lipinski definition) is 2. The smallest absolute Gasteiger partial charge is 0.431 e. The van der Waals surface area contributed by atoms with Crippen LogP contribution in [0.4, 0.5) is 13.2 Å². The first kappa shape index (κ1) is 20.6. The van der Waals surface area contributed by atoms with Crippen molar-refractivity contribution in [3.63, 3.8) is 0 Å². The van der Waals surface area contributed by atoms with E-state index in [0.29, 0.717) is 32.0 Å². The summed E-state index contributed by atoms with van der Waals surface area (Å²) in [7, 11) is 0.947. The van der Waals surface area contributed by atoms with Gasteiger partial charge in [-0.2, -0.15) is 17.5 Å². The summed E-state index contributed by atoms with van der Waals surface area (Å²) in [5.41, 5.74) is -2.92. The maximum Gasteiger partial charge on any atom is 0.431 e. The maximum absolute atomic E-state index is 13.1. The van der Waals surface area contributed by atoms with Crippen molar-refractivity contribution in [1.29, 1.82) is 0 Å². The van der Waals surface area contributed by atoms with Crippen molar-refractivity contribution < 1.29 is 23.1 Å². The average Bonchev–Trinajstić information content (AvgIpc) is 3.30. The number of nitrogens with one attached hydrogen (secondary N) is 1. The molecule has 13 heteroatoms. The summed E-state index contributed by atoms with van der Waals surface area (Å²) in [5, 5.41) is 12.3. The number of halogens is 3. The van der Waals surface area contributed by atoms with Crippen LogP contribution in [0.15, 0.2) is 33.9 Å². The summed E-state index contributed by atoms with van der Waals surface area (Å²) in [6, 6.07) is 4.22. The zero-order chi connectivity index (χ0) is 21.8. The number of benzene rings is 1. The Bertz CT molecular complexity index is 1280. The first-order valence-electron chi connectivity index (χ1n) is 8.48. The Morgan fingerprint density at radius 1 is 1.30 bits per heavy atom. The van der Waals surface area contributed by atoms with Crippen LogP contribution in [0.25, 0.3) is 15.8 Å². The fraction of sp³-hybridized carbons (Fsp3) is 0.294. The molecule has 0 spiro atoms. The maximum atomic E-state index is 13.1. The molecule has 0 saturated carbocycles. The number of fused-ring (bicyclic) bond motifs is 1. The lowest BCUT2D eigenvalue weighted by Gasteiger charge is -2.14. The average molecular weight is 458 g/mol. The lowest BCUT2D eigenvalue weighted by atomic mass is 10.2. The number of carbonyl (C=O) groups is 1. The van der Waals surface area contributed by atoms with E-state index in [4.69, 9.17) is 5.11 Å². The zero-order valence-corrected chi connectivity index (χ0v) is 16.8. The van der Waals surface area contributed by atoms with Gasteiger partial charge in [0, 0.05) is 24.3 Å². The third kappa shape index (κ3) is 3.42. The molecule has 2 aromatic heterocycles. The normalized spacial score (nSPS) is 19.5. The van der Waals surface area contributed by atoms with E-state index >= 15 is 0 Å². The third-order valence-electron chi connectivity index (χ3n) is 4.68. The van der Waals surface area contributed by atoms with Gasteiger partial charge < -0.3 is 5.11 Å². The highest BCUT2D eigenvalue weighted by molar-refractivity contribution is 7.99. The van der Waals surface area contributed by atoms with Crippen LogP contribution in [0, 0.1) is 0 Å². The lowest BCUT2D eigenvalue weighted by molar-refractivity contribution is -0.144. The molecule has 4 rings (SSSR count). The number of hydrogen-bond acceptors (Lipinski definition) is 7. The summed E-state index contributed by atoms with van der Waals surface area (Å²) in [6.45, 7) is 0. The number of alkyl halides is 3. The van der Waals surface area contributed by atoms with E-state index < -0.39 is 40.5 Å². The second-order valence-corrected chi connectivity index (χ2v) is 8.50. The van der Waals surface area contributed by atoms with Gasteiger partial charge in [-0.25, -0.2) is 9.36 Å².